The lowest BCUT2D eigenvalue weighted by Gasteiger charge is -2.20. The van der Waals surface area contributed by atoms with Gasteiger partial charge in [-0.3, -0.25) is 0 Å². The van der Waals surface area contributed by atoms with Gasteiger partial charge in [-0.25, -0.2) is 8.42 Å². The third-order valence-corrected chi connectivity index (χ3v) is 7.21. The van der Waals surface area contributed by atoms with Crippen LogP contribution in [0, 0.1) is 6.92 Å². The Morgan fingerprint density at radius 3 is 2.40 bits per heavy atom. The van der Waals surface area contributed by atoms with E-state index in [1.54, 1.807) is 20.3 Å². The molecule has 1 aromatic rings. The van der Waals surface area contributed by atoms with Crippen molar-refractivity contribution in [1.29, 1.82) is 0 Å². The maximum Gasteiger partial charge on any atom is 0.252 e. The van der Waals surface area contributed by atoms with Crippen molar-refractivity contribution in [2.24, 2.45) is 0 Å². The van der Waals surface area contributed by atoms with Gasteiger partial charge < -0.3 is 9.47 Å². The molecule has 8 heteroatoms. The van der Waals surface area contributed by atoms with Crippen molar-refractivity contribution in [1.82, 2.24) is 4.31 Å². The van der Waals surface area contributed by atoms with Crippen LogP contribution in [0.3, 0.4) is 0 Å². The molecule has 0 atom stereocenters. The van der Waals surface area contributed by atoms with E-state index in [0.717, 1.165) is 9.35 Å². The second-order valence-electron chi connectivity index (χ2n) is 4.27. The maximum absolute atomic E-state index is 12.6. The largest absolute Gasteiger partial charge is 0.385 e. The Morgan fingerprint density at radius 2 is 1.90 bits per heavy atom. The molecule has 0 aliphatic heterocycles. The Hall–Kier alpha value is 0.01000. The van der Waals surface area contributed by atoms with E-state index in [1.165, 1.54) is 15.6 Å². The third-order valence-electron chi connectivity index (χ3n) is 2.73. The van der Waals surface area contributed by atoms with E-state index >= 15 is 0 Å². The van der Waals surface area contributed by atoms with Crippen LogP contribution in [0.1, 0.15) is 12.0 Å². The maximum atomic E-state index is 12.6. The molecule has 1 rings (SSSR count). The number of thiophene rings is 1. The molecule has 0 saturated heterocycles. The molecule has 1 aromatic heterocycles. The molecule has 0 fully saturated rings. The van der Waals surface area contributed by atoms with Crippen LogP contribution in [-0.2, 0) is 19.5 Å². The summed E-state index contributed by atoms with van der Waals surface area (Å²) in [6, 6.07) is 1.69. The summed E-state index contributed by atoms with van der Waals surface area (Å²) in [7, 11) is -0.303. The van der Waals surface area contributed by atoms with Crippen LogP contribution in [0.25, 0.3) is 0 Å². The van der Waals surface area contributed by atoms with E-state index in [4.69, 9.17) is 9.47 Å². The first kappa shape index (κ1) is 18.1. The molecule has 20 heavy (non-hydrogen) atoms. The van der Waals surface area contributed by atoms with Crippen LogP contribution in [0.2, 0.25) is 0 Å². The zero-order chi connectivity index (χ0) is 15.2. The molecule has 0 aliphatic rings. The molecule has 0 unspecified atom stereocenters. The molecule has 1 heterocycles. The number of hydrogen-bond donors (Lipinski definition) is 0. The SMILES string of the molecule is COCCCN(CCOC)S(=O)(=O)c1cc(C)c(Br)s1. The third kappa shape index (κ3) is 4.78. The van der Waals surface area contributed by atoms with Crippen molar-refractivity contribution in [3.8, 4) is 0 Å². The number of ether oxygens (including phenoxy) is 2. The van der Waals surface area contributed by atoms with Gasteiger partial charge in [-0.1, -0.05) is 0 Å². The molecular weight excluding hydrogens is 366 g/mol. The Kier molecular flexibility index (Phi) is 7.63. The number of rotatable bonds is 9. The lowest BCUT2D eigenvalue weighted by atomic mass is 10.4. The highest BCUT2D eigenvalue weighted by molar-refractivity contribution is 9.11. The normalized spacial score (nSPS) is 12.2. The van der Waals surface area contributed by atoms with Gasteiger partial charge in [0, 0.05) is 33.9 Å². The highest BCUT2D eigenvalue weighted by Gasteiger charge is 2.26. The Bertz CT molecular complexity index is 496. The summed E-state index contributed by atoms with van der Waals surface area (Å²) in [6.07, 6.45) is 0.658. The molecule has 0 bridgehead atoms. The second kappa shape index (κ2) is 8.45. The molecule has 0 amide bonds. The number of halogens is 1. The van der Waals surface area contributed by atoms with Gasteiger partial charge in [-0.05, 0) is 40.9 Å². The molecule has 116 valence electrons. The summed E-state index contributed by atoms with van der Waals surface area (Å²) >= 11 is 4.60. The molecule has 0 N–H and O–H groups in total. The zero-order valence-electron chi connectivity index (χ0n) is 11.9. The fraction of sp³-hybridized carbons (Fsp3) is 0.667. The summed E-state index contributed by atoms with van der Waals surface area (Å²) in [5.41, 5.74) is 0.928. The van der Waals surface area contributed by atoms with E-state index in [9.17, 15) is 8.42 Å². The van der Waals surface area contributed by atoms with E-state index in [0.29, 0.717) is 36.9 Å². The van der Waals surface area contributed by atoms with Gasteiger partial charge >= 0.3 is 0 Å². The first-order chi connectivity index (χ1) is 9.43. The van der Waals surface area contributed by atoms with Crippen molar-refractivity contribution < 1.29 is 17.9 Å². The summed E-state index contributed by atoms with van der Waals surface area (Å²) < 4.78 is 37.9. The van der Waals surface area contributed by atoms with E-state index in [-0.39, 0.29) is 0 Å². The fourth-order valence-corrected chi connectivity index (χ4v) is 5.46. The number of hydrogen-bond acceptors (Lipinski definition) is 5. The summed E-state index contributed by atoms with van der Waals surface area (Å²) in [4.78, 5) is 0. The highest BCUT2D eigenvalue weighted by Crippen LogP contribution is 2.32. The average molecular weight is 386 g/mol. The van der Waals surface area contributed by atoms with Crippen LogP contribution >= 0.6 is 27.3 Å². The predicted molar refractivity (Wildman–Crippen MR) is 83.9 cm³/mol. The molecular formula is C12H20BrNO4S2. The van der Waals surface area contributed by atoms with E-state index in [1.807, 2.05) is 6.92 Å². The average Bonchev–Trinajstić information content (AvgIpc) is 2.74. The number of sulfonamides is 1. The molecule has 0 aromatic carbocycles. The topological polar surface area (TPSA) is 55.8 Å². The first-order valence-electron chi connectivity index (χ1n) is 6.17. The van der Waals surface area contributed by atoms with Crippen LogP contribution in [0.4, 0.5) is 0 Å². The Labute approximate surface area is 133 Å². The summed E-state index contributed by atoms with van der Waals surface area (Å²) in [5.74, 6) is 0. The molecule has 0 radical (unpaired) electrons. The van der Waals surface area contributed by atoms with Gasteiger partial charge in [0.2, 0.25) is 0 Å². The van der Waals surface area contributed by atoms with E-state index in [2.05, 4.69) is 15.9 Å². The van der Waals surface area contributed by atoms with Gasteiger partial charge in [-0.2, -0.15) is 4.31 Å². The van der Waals surface area contributed by atoms with E-state index < -0.39 is 10.0 Å². The molecule has 0 aliphatic carbocycles. The lowest BCUT2D eigenvalue weighted by Crippen LogP contribution is -2.34. The van der Waals surface area contributed by atoms with Crippen LogP contribution in [-0.4, -0.2) is 53.2 Å². The van der Waals surface area contributed by atoms with Crippen molar-refractivity contribution in [3.05, 3.63) is 15.4 Å². The van der Waals surface area contributed by atoms with Gasteiger partial charge in [0.25, 0.3) is 10.0 Å². The summed E-state index contributed by atoms with van der Waals surface area (Å²) in [5, 5.41) is 0. The minimum absolute atomic E-state index is 0.344. The van der Waals surface area contributed by atoms with Crippen LogP contribution in [0.5, 0.6) is 0 Å². The standard InChI is InChI=1S/C12H20BrNO4S2/c1-10-9-11(19-12(10)13)20(15,16)14(6-8-18-3)5-4-7-17-2/h9H,4-8H2,1-3H3. The molecule has 0 spiro atoms. The van der Waals surface area contributed by atoms with Gasteiger partial charge in [0.05, 0.1) is 10.4 Å². The van der Waals surface area contributed by atoms with Crippen molar-refractivity contribution in [3.63, 3.8) is 0 Å². The molecule has 5 nitrogen and oxygen atoms in total. The van der Waals surface area contributed by atoms with Gasteiger partial charge in [0.1, 0.15) is 4.21 Å². The molecule has 0 saturated carbocycles. The van der Waals surface area contributed by atoms with Crippen LogP contribution in [0.15, 0.2) is 14.1 Å². The summed E-state index contributed by atoms with van der Waals surface area (Å²) in [6.45, 7) is 3.55. The predicted octanol–water partition coefficient (Wildman–Crippen LogP) is 2.49. The Morgan fingerprint density at radius 1 is 1.25 bits per heavy atom. The lowest BCUT2D eigenvalue weighted by molar-refractivity contribution is 0.164. The van der Waals surface area contributed by atoms with Gasteiger partial charge in [0.15, 0.2) is 0 Å². The Balaban J connectivity index is 2.91. The number of nitrogens with zero attached hydrogens (tertiary/aromatic N) is 1. The smallest absolute Gasteiger partial charge is 0.252 e. The minimum atomic E-state index is -3.47. The number of aryl methyl sites for hydroxylation is 1. The monoisotopic (exact) mass is 385 g/mol. The van der Waals surface area contributed by atoms with Crippen LogP contribution < -0.4 is 0 Å². The van der Waals surface area contributed by atoms with Crippen molar-refractivity contribution >= 4 is 37.3 Å². The fourth-order valence-electron chi connectivity index (χ4n) is 1.62. The van der Waals surface area contributed by atoms with Crippen molar-refractivity contribution in [2.45, 2.75) is 17.6 Å². The van der Waals surface area contributed by atoms with Gasteiger partial charge in [-0.15, -0.1) is 11.3 Å². The number of methoxy groups -OCH3 is 2. The first-order valence-corrected chi connectivity index (χ1v) is 9.22. The van der Waals surface area contributed by atoms with Crippen molar-refractivity contribution in [2.75, 3.05) is 40.5 Å². The second-order valence-corrected chi connectivity index (χ2v) is 8.80. The minimum Gasteiger partial charge on any atom is -0.385 e. The zero-order valence-corrected chi connectivity index (χ0v) is 15.1. The quantitative estimate of drug-likeness (QED) is 0.612. The highest BCUT2D eigenvalue weighted by atomic mass is 79.9.